The zero-order valence-electron chi connectivity index (χ0n) is 17.9. The molecule has 7 heteroatoms. The minimum absolute atomic E-state index is 0.213. The van der Waals surface area contributed by atoms with Crippen LogP contribution in [0.3, 0.4) is 0 Å². The third-order valence-corrected chi connectivity index (χ3v) is 5.22. The normalized spacial score (nSPS) is 10.7. The second kappa shape index (κ2) is 11.4. The number of urea groups is 1. The van der Waals surface area contributed by atoms with E-state index in [2.05, 4.69) is 9.88 Å². The maximum atomic E-state index is 13.1. The topological polar surface area (TPSA) is 55.7 Å². The zero-order valence-corrected chi connectivity index (χ0v) is 18.6. The van der Waals surface area contributed by atoms with Gasteiger partial charge < -0.3 is 24.3 Å². The van der Waals surface area contributed by atoms with Crippen LogP contribution in [0.5, 0.6) is 5.75 Å². The van der Waals surface area contributed by atoms with Gasteiger partial charge in [0.1, 0.15) is 5.75 Å². The molecule has 1 aromatic heterocycles. The lowest BCUT2D eigenvalue weighted by molar-refractivity contribution is 0.151. The highest BCUT2D eigenvalue weighted by molar-refractivity contribution is 6.31. The monoisotopic (exact) mass is 441 g/mol. The zero-order chi connectivity index (χ0) is 22.1. The Morgan fingerprint density at radius 1 is 1.10 bits per heavy atom. The fraction of sp³-hybridized carbons (Fsp3) is 0.292. The van der Waals surface area contributed by atoms with E-state index in [4.69, 9.17) is 21.1 Å². The molecule has 0 aliphatic carbocycles. The molecule has 1 N–H and O–H groups in total. The number of hydrogen-bond donors (Lipinski definition) is 1. The largest absolute Gasteiger partial charge is 0.492 e. The van der Waals surface area contributed by atoms with E-state index in [1.54, 1.807) is 12.0 Å². The van der Waals surface area contributed by atoms with Gasteiger partial charge in [-0.25, -0.2) is 4.79 Å². The fourth-order valence-electron chi connectivity index (χ4n) is 3.25. The summed E-state index contributed by atoms with van der Waals surface area (Å²) in [7, 11) is 1.63. The van der Waals surface area contributed by atoms with Crippen LogP contribution in [-0.4, -0.2) is 42.4 Å². The summed E-state index contributed by atoms with van der Waals surface area (Å²) in [6.07, 6.45) is 2.00. The number of ether oxygens (including phenoxy) is 2. The van der Waals surface area contributed by atoms with Crippen molar-refractivity contribution in [2.75, 3.05) is 32.2 Å². The Morgan fingerprint density at radius 2 is 1.87 bits per heavy atom. The SMILES string of the molecule is CCOc1ccccc1NC(=O)N(CCOC)Cc1cccn1Cc1ccccc1Cl. The van der Waals surface area contributed by atoms with E-state index >= 15 is 0 Å². The van der Waals surface area contributed by atoms with E-state index in [1.165, 1.54) is 0 Å². The van der Waals surface area contributed by atoms with Crippen molar-refractivity contribution < 1.29 is 14.3 Å². The van der Waals surface area contributed by atoms with Crippen molar-refractivity contribution in [3.8, 4) is 5.75 Å². The van der Waals surface area contributed by atoms with Crippen LogP contribution in [0.4, 0.5) is 10.5 Å². The maximum absolute atomic E-state index is 13.1. The Bertz CT molecular complexity index is 989. The number of aromatic nitrogens is 1. The summed E-state index contributed by atoms with van der Waals surface area (Å²) in [5, 5.41) is 3.70. The molecule has 0 aliphatic heterocycles. The molecule has 3 aromatic rings. The van der Waals surface area contributed by atoms with Gasteiger partial charge in [0.15, 0.2) is 0 Å². The van der Waals surface area contributed by atoms with Crippen molar-refractivity contribution in [1.29, 1.82) is 0 Å². The molecule has 0 saturated carbocycles. The number of anilines is 1. The van der Waals surface area contributed by atoms with Gasteiger partial charge in [-0.1, -0.05) is 41.9 Å². The number of amides is 2. The van der Waals surface area contributed by atoms with Gasteiger partial charge in [0, 0.05) is 37.1 Å². The molecule has 0 radical (unpaired) electrons. The van der Waals surface area contributed by atoms with Gasteiger partial charge in [-0.05, 0) is 42.8 Å². The van der Waals surface area contributed by atoms with Crippen LogP contribution in [0.1, 0.15) is 18.2 Å². The second-order valence-corrected chi connectivity index (χ2v) is 7.40. The standard InChI is InChI=1S/C24H28ClN3O3/c1-3-31-23-13-7-6-12-22(23)26-24(29)28(15-16-30-2)18-20-10-8-14-27(20)17-19-9-4-5-11-21(19)25/h4-14H,3,15-18H2,1-2H3,(H,26,29). The van der Waals surface area contributed by atoms with Gasteiger partial charge in [0.05, 0.1) is 25.4 Å². The molecule has 0 unspecified atom stereocenters. The van der Waals surface area contributed by atoms with Gasteiger partial charge in [0.25, 0.3) is 0 Å². The summed E-state index contributed by atoms with van der Waals surface area (Å²) in [5.74, 6) is 0.645. The van der Waals surface area contributed by atoms with Crippen molar-refractivity contribution in [1.82, 2.24) is 9.47 Å². The summed E-state index contributed by atoms with van der Waals surface area (Å²) in [6.45, 7) is 4.40. The van der Waals surface area contributed by atoms with Crippen molar-refractivity contribution in [3.63, 3.8) is 0 Å². The Labute approximate surface area is 188 Å². The van der Waals surface area contributed by atoms with Crippen LogP contribution < -0.4 is 10.1 Å². The quantitative estimate of drug-likeness (QED) is 0.466. The molecule has 31 heavy (non-hydrogen) atoms. The molecule has 164 valence electrons. The van der Waals surface area contributed by atoms with Crippen molar-refractivity contribution in [3.05, 3.63) is 83.1 Å². The smallest absolute Gasteiger partial charge is 0.322 e. The Hall–Kier alpha value is -2.96. The summed E-state index contributed by atoms with van der Waals surface area (Å²) in [4.78, 5) is 14.8. The number of para-hydroxylation sites is 2. The van der Waals surface area contributed by atoms with Crippen molar-refractivity contribution in [2.24, 2.45) is 0 Å². The average Bonchev–Trinajstić information content (AvgIpc) is 3.21. The van der Waals surface area contributed by atoms with E-state index in [-0.39, 0.29) is 6.03 Å². The highest BCUT2D eigenvalue weighted by atomic mass is 35.5. The summed E-state index contributed by atoms with van der Waals surface area (Å²) >= 11 is 6.33. The minimum atomic E-state index is -0.213. The van der Waals surface area contributed by atoms with Crippen LogP contribution in [0.15, 0.2) is 66.9 Å². The first kappa shape index (κ1) is 22.7. The molecule has 0 atom stereocenters. The number of nitrogens with one attached hydrogen (secondary N) is 1. The number of rotatable bonds is 10. The molecule has 0 spiro atoms. The Morgan fingerprint density at radius 3 is 2.65 bits per heavy atom. The third-order valence-electron chi connectivity index (χ3n) is 4.86. The number of benzene rings is 2. The number of halogens is 1. The molecule has 2 aromatic carbocycles. The average molecular weight is 442 g/mol. The van der Waals surface area contributed by atoms with Crippen LogP contribution >= 0.6 is 11.6 Å². The first-order chi connectivity index (χ1) is 15.1. The molecular formula is C24H28ClN3O3. The highest BCUT2D eigenvalue weighted by Gasteiger charge is 2.17. The van der Waals surface area contributed by atoms with Crippen molar-refractivity contribution >= 4 is 23.3 Å². The lowest BCUT2D eigenvalue weighted by Gasteiger charge is -2.24. The number of methoxy groups -OCH3 is 1. The van der Waals surface area contributed by atoms with E-state index in [0.29, 0.717) is 44.3 Å². The number of carbonyl (C=O) groups excluding carboxylic acids is 1. The lowest BCUT2D eigenvalue weighted by Crippen LogP contribution is -2.37. The van der Waals surface area contributed by atoms with Gasteiger partial charge in [-0.3, -0.25) is 0 Å². The molecule has 1 heterocycles. The predicted octanol–water partition coefficient (Wildman–Crippen LogP) is 5.27. The number of nitrogens with zero attached hydrogens (tertiary/aromatic N) is 2. The van der Waals surface area contributed by atoms with E-state index in [9.17, 15) is 4.79 Å². The van der Waals surface area contributed by atoms with E-state index in [0.717, 1.165) is 16.3 Å². The van der Waals surface area contributed by atoms with Gasteiger partial charge >= 0.3 is 6.03 Å². The predicted molar refractivity (Wildman–Crippen MR) is 124 cm³/mol. The van der Waals surface area contributed by atoms with Gasteiger partial charge in [-0.15, -0.1) is 0 Å². The second-order valence-electron chi connectivity index (χ2n) is 6.99. The molecule has 6 nitrogen and oxygen atoms in total. The summed E-state index contributed by atoms with van der Waals surface area (Å²) in [6, 6.07) is 19.0. The van der Waals surface area contributed by atoms with Crippen LogP contribution in [0.25, 0.3) is 0 Å². The van der Waals surface area contributed by atoms with Gasteiger partial charge in [0.2, 0.25) is 0 Å². The Kier molecular flexibility index (Phi) is 8.38. The molecule has 2 amide bonds. The summed E-state index contributed by atoms with van der Waals surface area (Å²) in [5.41, 5.74) is 2.67. The van der Waals surface area contributed by atoms with Crippen molar-refractivity contribution in [2.45, 2.75) is 20.0 Å². The van der Waals surface area contributed by atoms with E-state index < -0.39 is 0 Å². The fourth-order valence-corrected chi connectivity index (χ4v) is 3.45. The minimum Gasteiger partial charge on any atom is -0.492 e. The van der Waals surface area contributed by atoms with Gasteiger partial charge in [-0.2, -0.15) is 0 Å². The maximum Gasteiger partial charge on any atom is 0.322 e. The third kappa shape index (κ3) is 6.26. The Balaban J connectivity index is 1.76. The molecule has 0 bridgehead atoms. The lowest BCUT2D eigenvalue weighted by atomic mass is 10.2. The van der Waals surface area contributed by atoms with E-state index in [1.807, 2.05) is 73.8 Å². The first-order valence-electron chi connectivity index (χ1n) is 10.3. The molecule has 3 rings (SSSR count). The first-order valence-corrected chi connectivity index (χ1v) is 10.6. The molecular weight excluding hydrogens is 414 g/mol. The van der Waals surface area contributed by atoms with Crippen LogP contribution in [-0.2, 0) is 17.8 Å². The molecule has 0 fully saturated rings. The number of carbonyl (C=O) groups is 1. The number of hydrogen-bond acceptors (Lipinski definition) is 3. The highest BCUT2D eigenvalue weighted by Crippen LogP contribution is 2.24. The van der Waals surface area contributed by atoms with Crippen LogP contribution in [0.2, 0.25) is 5.02 Å². The molecule has 0 aliphatic rings. The molecule has 0 saturated heterocycles. The summed E-state index contributed by atoms with van der Waals surface area (Å²) < 4.78 is 13.0. The van der Waals surface area contributed by atoms with Crippen LogP contribution in [0, 0.1) is 0 Å².